The van der Waals surface area contributed by atoms with Gasteiger partial charge in [0.25, 0.3) is 0 Å². The summed E-state index contributed by atoms with van der Waals surface area (Å²) in [6.45, 7) is 2.14. The van der Waals surface area contributed by atoms with Crippen molar-refractivity contribution in [3.63, 3.8) is 0 Å². The number of anilines is 1. The summed E-state index contributed by atoms with van der Waals surface area (Å²) >= 11 is 1.55. The van der Waals surface area contributed by atoms with E-state index in [0.717, 1.165) is 12.1 Å². The van der Waals surface area contributed by atoms with Gasteiger partial charge in [-0.05, 0) is 30.5 Å². The van der Waals surface area contributed by atoms with Gasteiger partial charge in [0, 0.05) is 10.9 Å². The summed E-state index contributed by atoms with van der Waals surface area (Å²) in [6, 6.07) is 4.17. The Morgan fingerprint density at radius 3 is 2.42 bits per heavy atom. The van der Waals surface area contributed by atoms with Crippen LogP contribution in [0.15, 0.2) is 24.3 Å². The molecule has 0 saturated heterocycles. The number of thioether (sulfide) groups is 1. The minimum atomic E-state index is -4.38. The Kier molecular flexibility index (Phi) is 5.53. The van der Waals surface area contributed by atoms with Gasteiger partial charge >= 0.3 is 12.3 Å². The monoisotopic (exact) mass is 293 g/mol. The molecule has 1 aromatic rings. The summed E-state index contributed by atoms with van der Waals surface area (Å²) in [7, 11) is 0. The molecule has 0 spiro atoms. The highest BCUT2D eigenvalue weighted by Crippen LogP contribution is 2.29. The molecule has 0 bridgehead atoms. The van der Waals surface area contributed by atoms with Gasteiger partial charge in [-0.15, -0.1) is 0 Å². The molecule has 0 aromatic heterocycles. The minimum absolute atomic E-state index is 0.165. The quantitative estimate of drug-likeness (QED) is 0.911. The molecular weight excluding hydrogens is 279 g/mol. The summed E-state index contributed by atoms with van der Waals surface area (Å²) in [5.41, 5.74) is -0.503. The fourth-order valence-corrected chi connectivity index (χ4v) is 1.36. The van der Waals surface area contributed by atoms with Gasteiger partial charge in [0.2, 0.25) is 0 Å². The van der Waals surface area contributed by atoms with Crippen molar-refractivity contribution < 1.29 is 22.7 Å². The molecule has 0 radical (unpaired) electrons. The van der Waals surface area contributed by atoms with Crippen LogP contribution in [0.5, 0.6) is 0 Å². The first kappa shape index (κ1) is 15.7. The smallest absolute Gasteiger partial charge is 0.416 e. The summed E-state index contributed by atoms with van der Waals surface area (Å²) in [6.07, 6.45) is -3.17. The first-order chi connectivity index (χ1) is 8.82. The van der Waals surface area contributed by atoms with Gasteiger partial charge in [-0.3, -0.25) is 5.32 Å². The second-order valence-corrected chi connectivity index (χ2v) is 5.12. The van der Waals surface area contributed by atoms with Gasteiger partial charge < -0.3 is 4.74 Å². The van der Waals surface area contributed by atoms with Gasteiger partial charge in [0.05, 0.1) is 5.56 Å². The first-order valence-electron chi connectivity index (χ1n) is 5.46. The van der Waals surface area contributed by atoms with Crippen molar-refractivity contribution in [1.29, 1.82) is 0 Å². The maximum atomic E-state index is 12.3. The maximum absolute atomic E-state index is 12.3. The van der Waals surface area contributed by atoms with E-state index in [2.05, 4.69) is 5.32 Å². The number of hydrogen-bond acceptors (Lipinski definition) is 3. The van der Waals surface area contributed by atoms with E-state index in [9.17, 15) is 18.0 Å². The molecule has 106 valence electrons. The van der Waals surface area contributed by atoms with Crippen LogP contribution in [0.1, 0.15) is 12.5 Å². The van der Waals surface area contributed by atoms with Crippen LogP contribution in [0.3, 0.4) is 0 Å². The molecule has 3 nitrogen and oxygen atoms in total. The molecular formula is C12H14F3NO2S. The topological polar surface area (TPSA) is 38.3 Å². The van der Waals surface area contributed by atoms with Gasteiger partial charge in [0.15, 0.2) is 0 Å². The number of benzene rings is 1. The zero-order valence-electron chi connectivity index (χ0n) is 10.5. The van der Waals surface area contributed by atoms with Gasteiger partial charge in [-0.25, -0.2) is 4.79 Å². The lowest BCUT2D eigenvalue weighted by Crippen LogP contribution is -2.18. The SMILES string of the molecule is CS[C@@H](C)COC(=O)Nc1ccc(C(F)(F)F)cc1. The molecule has 0 unspecified atom stereocenters. The number of alkyl halides is 3. The van der Waals surface area contributed by atoms with E-state index in [4.69, 9.17) is 4.74 Å². The fraction of sp³-hybridized carbons (Fsp3) is 0.417. The standard InChI is InChI=1S/C12H14F3NO2S/c1-8(19-2)7-18-11(17)16-10-5-3-9(4-6-10)12(13,14)15/h3-6,8H,7H2,1-2H3,(H,16,17)/t8-/m0/s1. The number of rotatable bonds is 4. The maximum Gasteiger partial charge on any atom is 0.416 e. The third-order valence-electron chi connectivity index (χ3n) is 2.31. The lowest BCUT2D eigenvalue weighted by atomic mass is 10.2. The molecule has 0 fully saturated rings. The number of carbonyl (C=O) groups is 1. The van der Waals surface area contributed by atoms with Crippen molar-refractivity contribution in [2.75, 3.05) is 18.2 Å². The van der Waals surface area contributed by atoms with Crippen molar-refractivity contribution in [3.05, 3.63) is 29.8 Å². The second kappa shape index (κ2) is 6.70. The van der Waals surface area contributed by atoms with Crippen molar-refractivity contribution in [3.8, 4) is 0 Å². The molecule has 0 aliphatic carbocycles. The number of ether oxygens (including phenoxy) is 1. The van der Waals surface area contributed by atoms with Crippen LogP contribution in [-0.4, -0.2) is 24.2 Å². The zero-order chi connectivity index (χ0) is 14.5. The predicted octanol–water partition coefficient (Wildman–Crippen LogP) is 4.01. The van der Waals surface area contributed by atoms with Crippen LogP contribution in [0, 0.1) is 0 Å². The van der Waals surface area contributed by atoms with Gasteiger partial charge in [-0.1, -0.05) is 6.92 Å². The highest BCUT2D eigenvalue weighted by atomic mass is 32.2. The van der Waals surface area contributed by atoms with Crippen molar-refractivity contribution >= 4 is 23.5 Å². The van der Waals surface area contributed by atoms with Gasteiger partial charge in [0.1, 0.15) is 6.61 Å². The normalized spacial score (nSPS) is 12.9. The Balaban J connectivity index is 2.51. The molecule has 1 N–H and O–H groups in total. The molecule has 1 aromatic carbocycles. The molecule has 1 atom stereocenters. The lowest BCUT2D eigenvalue weighted by molar-refractivity contribution is -0.137. The van der Waals surface area contributed by atoms with E-state index >= 15 is 0 Å². The summed E-state index contributed by atoms with van der Waals surface area (Å²) in [5, 5.41) is 2.53. The molecule has 19 heavy (non-hydrogen) atoms. The lowest BCUT2D eigenvalue weighted by Gasteiger charge is -2.11. The highest BCUT2D eigenvalue weighted by Gasteiger charge is 2.29. The van der Waals surface area contributed by atoms with Crippen molar-refractivity contribution in [1.82, 2.24) is 0 Å². The van der Waals surface area contributed by atoms with E-state index < -0.39 is 17.8 Å². The van der Waals surface area contributed by atoms with Crippen LogP contribution < -0.4 is 5.32 Å². The molecule has 0 aliphatic heterocycles. The first-order valence-corrected chi connectivity index (χ1v) is 6.75. The van der Waals surface area contributed by atoms with E-state index in [1.54, 1.807) is 11.8 Å². The van der Waals surface area contributed by atoms with Crippen molar-refractivity contribution in [2.24, 2.45) is 0 Å². The summed E-state index contributed by atoms with van der Waals surface area (Å²) in [5.74, 6) is 0. The molecule has 0 aliphatic rings. The predicted molar refractivity (Wildman–Crippen MR) is 69.4 cm³/mol. The number of hydrogen-bond donors (Lipinski definition) is 1. The van der Waals surface area contributed by atoms with E-state index in [1.165, 1.54) is 12.1 Å². The number of nitrogens with one attached hydrogen (secondary N) is 1. The van der Waals surface area contributed by atoms with Crippen LogP contribution in [0.2, 0.25) is 0 Å². The Labute approximate surface area is 113 Å². The zero-order valence-corrected chi connectivity index (χ0v) is 11.3. The third-order valence-corrected chi connectivity index (χ3v) is 3.25. The van der Waals surface area contributed by atoms with E-state index in [-0.39, 0.29) is 17.5 Å². The average Bonchev–Trinajstić information content (AvgIpc) is 2.35. The fourth-order valence-electron chi connectivity index (χ4n) is 1.16. The number of carbonyl (C=O) groups excluding carboxylic acids is 1. The van der Waals surface area contributed by atoms with Crippen LogP contribution in [0.25, 0.3) is 0 Å². The summed E-state index contributed by atoms with van der Waals surface area (Å²) < 4.78 is 41.9. The van der Waals surface area contributed by atoms with E-state index in [1.807, 2.05) is 13.2 Å². The van der Waals surface area contributed by atoms with Crippen LogP contribution >= 0.6 is 11.8 Å². The Bertz CT molecular complexity index is 420. The Morgan fingerprint density at radius 1 is 1.37 bits per heavy atom. The Hall–Kier alpha value is -1.37. The van der Waals surface area contributed by atoms with Crippen LogP contribution in [-0.2, 0) is 10.9 Å². The molecule has 1 rings (SSSR count). The second-order valence-electron chi connectivity index (χ2n) is 3.84. The largest absolute Gasteiger partial charge is 0.448 e. The number of halogens is 3. The minimum Gasteiger partial charge on any atom is -0.448 e. The number of amides is 1. The average molecular weight is 293 g/mol. The molecule has 0 heterocycles. The van der Waals surface area contributed by atoms with Crippen LogP contribution in [0.4, 0.5) is 23.7 Å². The third kappa shape index (κ3) is 5.42. The highest BCUT2D eigenvalue weighted by molar-refractivity contribution is 7.99. The summed E-state index contributed by atoms with van der Waals surface area (Å²) in [4.78, 5) is 11.3. The van der Waals surface area contributed by atoms with E-state index in [0.29, 0.717) is 0 Å². The molecule has 1 amide bonds. The Morgan fingerprint density at radius 2 is 1.95 bits per heavy atom. The van der Waals surface area contributed by atoms with Gasteiger partial charge in [-0.2, -0.15) is 24.9 Å². The van der Waals surface area contributed by atoms with Crippen molar-refractivity contribution in [2.45, 2.75) is 18.3 Å². The molecule has 0 saturated carbocycles. The molecule has 7 heteroatoms.